The third-order valence-corrected chi connectivity index (χ3v) is 3.58. The van der Waals surface area contributed by atoms with Crippen LogP contribution in [0.5, 0.6) is 0 Å². The molecule has 0 aliphatic carbocycles. The molecule has 0 saturated heterocycles. The summed E-state index contributed by atoms with van der Waals surface area (Å²) in [5.74, 6) is -0.593. The largest absolute Gasteiger partial charge is 0.306 e. The van der Waals surface area contributed by atoms with Crippen molar-refractivity contribution in [3.8, 4) is 0 Å². The minimum Gasteiger partial charge on any atom is -0.306 e. The van der Waals surface area contributed by atoms with E-state index in [-0.39, 0.29) is 17.7 Å². The molecule has 0 bridgehead atoms. The van der Waals surface area contributed by atoms with Gasteiger partial charge in [-0.1, -0.05) is 47.1 Å². The molecule has 1 atom stereocenters. The maximum absolute atomic E-state index is 13.9. The molecule has 0 heterocycles. The van der Waals surface area contributed by atoms with Crippen LogP contribution < -0.4 is 5.32 Å². The zero-order valence-electron chi connectivity index (χ0n) is 10.5. The molecule has 0 aliphatic rings. The van der Waals surface area contributed by atoms with E-state index in [1.54, 1.807) is 24.3 Å². The Morgan fingerprint density at radius 1 is 1.11 bits per heavy atom. The summed E-state index contributed by atoms with van der Waals surface area (Å²) in [4.78, 5) is 0. The van der Waals surface area contributed by atoms with Crippen molar-refractivity contribution in [1.82, 2.24) is 5.32 Å². The Bertz CT molecular complexity index is 572. The first-order valence-corrected chi connectivity index (χ1v) is 6.85. The Hall–Kier alpha value is -1.26. The van der Waals surface area contributed by atoms with E-state index >= 15 is 0 Å². The van der Waals surface area contributed by atoms with Crippen LogP contribution in [0.2, 0.25) is 0 Å². The maximum atomic E-state index is 13.9. The predicted octanol–water partition coefficient (Wildman–Crippen LogP) is 4.43. The van der Waals surface area contributed by atoms with E-state index < -0.39 is 0 Å². The molecule has 0 aliphatic heterocycles. The van der Waals surface area contributed by atoms with Gasteiger partial charge in [0, 0.05) is 10.0 Å². The Balaban J connectivity index is 2.48. The topological polar surface area (TPSA) is 12.0 Å². The second-order valence-electron chi connectivity index (χ2n) is 4.18. The lowest BCUT2D eigenvalue weighted by atomic mass is 9.98. The van der Waals surface area contributed by atoms with Gasteiger partial charge in [0.15, 0.2) is 0 Å². The highest BCUT2D eigenvalue weighted by atomic mass is 79.9. The molecule has 0 saturated carbocycles. The summed E-state index contributed by atoms with van der Waals surface area (Å²) in [7, 11) is 0. The van der Waals surface area contributed by atoms with Gasteiger partial charge in [0.05, 0.1) is 6.04 Å². The van der Waals surface area contributed by atoms with E-state index in [1.165, 1.54) is 18.2 Å². The van der Waals surface area contributed by atoms with Crippen LogP contribution in [0.4, 0.5) is 8.78 Å². The van der Waals surface area contributed by atoms with Gasteiger partial charge in [-0.3, -0.25) is 0 Å². The molecule has 0 aromatic heterocycles. The van der Waals surface area contributed by atoms with Gasteiger partial charge in [-0.25, -0.2) is 8.78 Å². The van der Waals surface area contributed by atoms with E-state index in [2.05, 4.69) is 21.2 Å². The normalized spacial score (nSPS) is 12.4. The highest BCUT2D eigenvalue weighted by Gasteiger charge is 2.19. The summed E-state index contributed by atoms with van der Waals surface area (Å²) >= 11 is 3.34. The van der Waals surface area contributed by atoms with E-state index in [0.29, 0.717) is 16.6 Å². The molecule has 1 N–H and O–H groups in total. The van der Waals surface area contributed by atoms with Gasteiger partial charge < -0.3 is 5.32 Å². The Morgan fingerprint density at radius 2 is 1.84 bits per heavy atom. The number of halogens is 3. The summed E-state index contributed by atoms with van der Waals surface area (Å²) in [6.07, 6.45) is 0. The SMILES string of the molecule is CCNC(c1ccccc1F)c1ccc(F)cc1Br. The highest BCUT2D eigenvalue weighted by molar-refractivity contribution is 9.10. The van der Waals surface area contributed by atoms with Crippen molar-refractivity contribution in [2.24, 2.45) is 0 Å². The lowest BCUT2D eigenvalue weighted by Gasteiger charge is -2.20. The summed E-state index contributed by atoms with van der Waals surface area (Å²) < 4.78 is 27.7. The second-order valence-corrected chi connectivity index (χ2v) is 5.03. The zero-order valence-corrected chi connectivity index (χ0v) is 12.0. The van der Waals surface area contributed by atoms with Crippen molar-refractivity contribution in [2.45, 2.75) is 13.0 Å². The molecule has 1 nitrogen and oxygen atoms in total. The first-order chi connectivity index (χ1) is 9.13. The van der Waals surface area contributed by atoms with E-state index in [4.69, 9.17) is 0 Å². The van der Waals surface area contributed by atoms with Crippen molar-refractivity contribution >= 4 is 15.9 Å². The highest BCUT2D eigenvalue weighted by Crippen LogP contribution is 2.30. The molecule has 100 valence electrons. The van der Waals surface area contributed by atoms with Crippen LogP contribution in [0.15, 0.2) is 46.9 Å². The van der Waals surface area contributed by atoms with E-state index in [9.17, 15) is 8.78 Å². The van der Waals surface area contributed by atoms with Gasteiger partial charge >= 0.3 is 0 Å². The summed E-state index contributed by atoms with van der Waals surface area (Å²) in [5.41, 5.74) is 1.37. The smallest absolute Gasteiger partial charge is 0.128 e. The van der Waals surface area contributed by atoms with Crippen LogP contribution in [-0.4, -0.2) is 6.54 Å². The van der Waals surface area contributed by atoms with Gasteiger partial charge in [0.2, 0.25) is 0 Å². The van der Waals surface area contributed by atoms with Gasteiger partial charge in [-0.2, -0.15) is 0 Å². The number of benzene rings is 2. The third kappa shape index (κ3) is 3.19. The first-order valence-electron chi connectivity index (χ1n) is 6.06. The van der Waals surface area contributed by atoms with Crippen molar-refractivity contribution in [1.29, 1.82) is 0 Å². The predicted molar refractivity (Wildman–Crippen MR) is 76.0 cm³/mol. The van der Waals surface area contributed by atoms with Gasteiger partial charge in [-0.15, -0.1) is 0 Å². The molecule has 4 heteroatoms. The second kappa shape index (κ2) is 6.26. The molecule has 2 aromatic rings. The summed E-state index contributed by atoms with van der Waals surface area (Å²) in [6.45, 7) is 2.63. The monoisotopic (exact) mass is 325 g/mol. The lowest BCUT2D eigenvalue weighted by molar-refractivity contribution is 0.556. The summed E-state index contributed by atoms with van der Waals surface area (Å²) in [6, 6.07) is 10.7. The minimum absolute atomic E-state index is 0.273. The molecule has 2 aromatic carbocycles. The molecule has 1 unspecified atom stereocenters. The zero-order chi connectivity index (χ0) is 13.8. The van der Waals surface area contributed by atoms with Gasteiger partial charge in [0.25, 0.3) is 0 Å². The van der Waals surface area contributed by atoms with Crippen molar-refractivity contribution in [3.63, 3.8) is 0 Å². The fourth-order valence-electron chi connectivity index (χ4n) is 2.04. The molecular weight excluding hydrogens is 312 g/mol. The Labute approximate surface area is 119 Å². The molecule has 19 heavy (non-hydrogen) atoms. The van der Waals surface area contributed by atoms with Gasteiger partial charge in [-0.05, 0) is 30.3 Å². The van der Waals surface area contributed by atoms with Crippen LogP contribution in [-0.2, 0) is 0 Å². The average Bonchev–Trinajstić information content (AvgIpc) is 2.38. The fourth-order valence-corrected chi connectivity index (χ4v) is 2.62. The van der Waals surface area contributed by atoms with Gasteiger partial charge in [0.1, 0.15) is 11.6 Å². The number of hydrogen-bond acceptors (Lipinski definition) is 1. The lowest BCUT2D eigenvalue weighted by Crippen LogP contribution is -2.23. The molecule has 0 fully saturated rings. The van der Waals surface area contributed by atoms with Crippen LogP contribution in [0.1, 0.15) is 24.1 Å². The van der Waals surface area contributed by atoms with Crippen molar-refractivity contribution in [2.75, 3.05) is 6.54 Å². The third-order valence-electron chi connectivity index (χ3n) is 2.90. The number of rotatable bonds is 4. The van der Waals surface area contributed by atoms with Crippen LogP contribution in [0.25, 0.3) is 0 Å². The fraction of sp³-hybridized carbons (Fsp3) is 0.200. The molecule has 2 rings (SSSR count). The van der Waals surface area contributed by atoms with Crippen LogP contribution in [0, 0.1) is 11.6 Å². The minimum atomic E-state index is -0.320. The molecule has 0 radical (unpaired) electrons. The first kappa shape index (κ1) is 14.2. The quantitative estimate of drug-likeness (QED) is 0.877. The number of hydrogen-bond donors (Lipinski definition) is 1. The number of nitrogens with one attached hydrogen (secondary N) is 1. The van der Waals surface area contributed by atoms with E-state index in [0.717, 1.165) is 5.56 Å². The standard InChI is InChI=1S/C15H14BrF2N/c1-2-19-15(12-5-3-4-6-14(12)18)11-8-7-10(17)9-13(11)16/h3-9,15,19H,2H2,1H3. The summed E-state index contributed by atoms with van der Waals surface area (Å²) in [5, 5.41) is 3.22. The maximum Gasteiger partial charge on any atom is 0.128 e. The van der Waals surface area contributed by atoms with Crippen LogP contribution in [0.3, 0.4) is 0 Å². The molecular formula is C15H14BrF2N. The Kier molecular flexibility index (Phi) is 4.66. The van der Waals surface area contributed by atoms with E-state index in [1.807, 2.05) is 6.92 Å². The average molecular weight is 326 g/mol. The van der Waals surface area contributed by atoms with Crippen LogP contribution >= 0.6 is 15.9 Å². The molecule has 0 amide bonds. The Morgan fingerprint density at radius 3 is 2.47 bits per heavy atom. The van der Waals surface area contributed by atoms with Crippen molar-refractivity contribution < 1.29 is 8.78 Å². The van der Waals surface area contributed by atoms with Crippen molar-refractivity contribution in [3.05, 3.63) is 69.7 Å². The molecule has 0 spiro atoms.